The molecule has 0 spiro atoms. The molecular formula is C13H19ClO3. The van der Waals surface area contributed by atoms with Crippen molar-refractivity contribution in [1.82, 2.24) is 0 Å². The molecule has 1 aromatic rings. The molecule has 17 heavy (non-hydrogen) atoms. The van der Waals surface area contributed by atoms with Crippen LogP contribution in [-0.4, -0.2) is 27.4 Å². The molecule has 4 heteroatoms. The summed E-state index contributed by atoms with van der Waals surface area (Å²) in [5.74, 6) is 1.97. The van der Waals surface area contributed by atoms with Crippen molar-refractivity contribution in [3.63, 3.8) is 0 Å². The molecule has 0 bridgehead atoms. The number of alkyl halides is 1. The predicted molar refractivity (Wildman–Crippen MR) is 69.2 cm³/mol. The highest BCUT2D eigenvalue weighted by atomic mass is 35.5. The van der Waals surface area contributed by atoms with Crippen molar-refractivity contribution in [1.29, 1.82) is 0 Å². The van der Waals surface area contributed by atoms with Gasteiger partial charge < -0.3 is 14.2 Å². The number of benzene rings is 1. The van der Waals surface area contributed by atoms with E-state index < -0.39 is 0 Å². The van der Waals surface area contributed by atoms with Crippen molar-refractivity contribution in [3.05, 3.63) is 23.8 Å². The van der Waals surface area contributed by atoms with E-state index in [-0.39, 0.29) is 0 Å². The number of hydrogen-bond acceptors (Lipinski definition) is 3. The van der Waals surface area contributed by atoms with Gasteiger partial charge in [0.05, 0.1) is 13.7 Å². The molecule has 1 aromatic carbocycles. The summed E-state index contributed by atoms with van der Waals surface area (Å²) in [7, 11) is 3.33. The third kappa shape index (κ3) is 4.84. The first-order chi connectivity index (χ1) is 8.31. The lowest BCUT2D eigenvalue weighted by Crippen LogP contribution is -2.01. The predicted octanol–water partition coefficient (Wildman–Crippen LogP) is 3.24. The maximum absolute atomic E-state index is 5.76. The quantitative estimate of drug-likeness (QED) is 0.529. The van der Waals surface area contributed by atoms with Crippen LogP contribution in [0.3, 0.4) is 0 Å². The highest BCUT2D eigenvalue weighted by Crippen LogP contribution is 2.28. The van der Waals surface area contributed by atoms with Crippen LogP contribution in [0.1, 0.15) is 18.4 Å². The van der Waals surface area contributed by atoms with Crippen LogP contribution in [0.2, 0.25) is 0 Å². The van der Waals surface area contributed by atoms with Gasteiger partial charge in [0.2, 0.25) is 0 Å². The Morgan fingerprint density at radius 1 is 1.06 bits per heavy atom. The van der Waals surface area contributed by atoms with Crippen molar-refractivity contribution < 1.29 is 14.2 Å². The van der Waals surface area contributed by atoms with Crippen molar-refractivity contribution in [2.45, 2.75) is 18.7 Å². The molecule has 0 aliphatic carbocycles. The minimum atomic E-state index is 0.477. The highest BCUT2D eigenvalue weighted by Gasteiger charge is 2.05. The Labute approximate surface area is 108 Å². The standard InChI is InChI=1S/C13H19ClO3/c1-15-7-3-4-8-17-12-6-5-11(10-14)9-13(12)16-2/h5-6,9H,3-4,7-8,10H2,1-2H3. The molecule has 0 aliphatic rings. The molecule has 1 rings (SSSR count). The van der Waals surface area contributed by atoms with E-state index in [0.29, 0.717) is 12.5 Å². The SMILES string of the molecule is COCCCCOc1ccc(CCl)cc1OC. The van der Waals surface area contributed by atoms with E-state index in [9.17, 15) is 0 Å². The first-order valence-electron chi connectivity index (χ1n) is 5.66. The lowest BCUT2D eigenvalue weighted by Gasteiger charge is -2.11. The summed E-state index contributed by atoms with van der Waals surface area (Å²) < 4.78 is 15.9. The highest BCUT2D eigenvalue weighted by molar-refractivity contribution is 6.17. The van der Waals surface area contributed by atoms with Crippen LogP contribution in [0, 0.1) is 0 Å². The zero-order valence-corrected chi connectivity index (χ0v) is 11.1. The Hall–Kier alpha value is -0.930. The van der Waals surface area contributed by atoms with Crippen LogP contribution in [0.25, 0.3) is 0 Å². The summed E-state index contributed by atoms with van der Waals surface area (Å²) >= 11 is 5.76. The van der Waals surface area contributed by atoms with Gasteiger partial charge in [-0.05, 0) is 30.5 Å². The summed E-state index contributed by atoms with van der Waals surface area (Å²) in [6.45, 7) is 1.44. The first kappa shape index (κ1) is 14.1. The Morgan fingerprint density at radius 3 is 2.47 bits per heavy atom. The summed E-state index contributed by atoms with van der Waals surface area (Å²) in [5.41, 5.74) is 1.02. The molecular weight excluding hydrogens is 240 g/mol. The molecule has 96 valence electrons. The van der Waals surface area contributed by atoms with Crippen molar-refractivity contribution in [2.24, 2.45) is 0 Å². The van der Waals surface area contributed by atoms with E-state index in [1.807, 2.05) is 18.2 Å². The van der Waals surface area contributed by atoms with Gasteiger partial charge in [-0.1, -0.05) is 6.07 Å². The zero-order chi connectivity index (χ0) is 12.5. The number of rotatable bonds is 8. The normalized spacial score (nSPS) is 10.3. The van der Waals surface area contributed by atoms with Crippen LogP contribution in [0.4, 0.5) is 0 Å². The monoisotopic (exact) mass is 258 g/mol. The molecule has 0 heterocycles. The van der Waals surface area contributed by atoms with Gasteiger partial charge in [0.1, 0.15) is 0 Å². The fourth-order valence-corrected chi connectivity index (χ4v) is 1.61. The van der Waals surface area contributed by atoms with Gasteiger partial charge in [0.15, 0.2) is 11.5 Å². The Bertz CT molecular complexity index is 328. The van der Waals surface area contributed by atoms with Crippen LogP contribution < -0.4 is 9.47 Å². The van der Waals surface area contributed by atoms with E-state index in [4.69, 9.17) is 25.8 Å². The molecule has 3 nitrogen and oxygen atoms in total. The zero-order valence-electron chi connectivity index (χ0n) is 10.4. The molecule has 0 N–H and O–H groups in total. The lowest BCUT2D eigenvalue weighted by molar-refractivity contribution is 0.183. The van der Waals surface area contributed by atoms with Crippen LogP contribution in [-0.2, 0) is 10.6 Å². The molecule has 0 saturated heterocycles. The maximum Gasteiger partial charge on any atom is 0.161 e. The average molecular weight is 259 g/mol. The number of halogens is 1. The number of hydrogen-bond donors (Lipinski definition) is 0. The van der Waals surface area contributed by atoms with E-state index >= 15 is 0 Å². The molecule has 0 unspecified atom stereocenters. The molecule has 0 fully saturated rings. The number of ether oxygens (including phenoxy) is 3. The molecule has 0 amide bonds. The van der Waals surface area contributed by atoms with Gasteiger partial charge in [-0.3, -0.25) is 0 Å². The second kappa shape index (κ2) is 8.20. The van der Waals surface area contributed by atoms with Gasteiger partial charge in [0, 0.05) is 19.6 Å². The van der Waals surface area contributed by atoms with E-state index in [1.54, 1.807) is 14.2 Å². The minimum Gasteiger partial charge on any atom is -0.493 e. The second-order valence-electron chi connectivity index (χ2n) is 3.67. The Balaban J connectivity index is 2.46. The van der Waals surface area contributed by atoms with Crippen molar-refractivity contribution in [3.8, 4) is 11.5 Å². The van der Waals surface area contributed by atoms with Crippen LogP contribution >= 0.6 is 11.6 Å². The van der Waals surface area contributed by atoms with E-state index in [0.717, 1.165) is 36.5 Å². The minimum absolute atomic E-state index is 0.477. The van der Waals surface area contributed by atoms with Gasteiger partial charge in [-0.15, -0.1) is 11.6 Å². The van der Waals surface area contributed by atoms with Gasteiger partial charge in [-0.25, -0.2) is 0 Å². The smallest absolute Gasteiger partial charge is 0.161 e. The molecule has 0 saturated carbocycles. The molecule has 0 atom stereocenters. The first-order valence-corrected chi connectivity index (χ1v) is 6.20. The molecule has 0 aliphatic heterocycles. The van der Waals surface area contributed by atoms with Crippen molar-refractivity contribution in [2.75, 3.05) is 27.4 Å². The van der Waals surface area contributed by atoms with E-state index in [2.05, 4.69) is 0 Å². The Morgan fingerprint density at radius 2 is 1.82 bits per heavy atom. The van der Waals surface area contributed by atoms with Crippen LogP contribution in [0.5, 0.6) is 11.5 Å². The summed E-state index contributed by atoms with van der Waals surface area (Å²) in [5, 5.41) is 0. The summed E-state index contributed by atoms with van der Waals surface area (Å²) in [6, 6.07) is 5.74. The average Bonchev–Trinajstić information content (AvgIpc) is 2.38. The summed E-state index contributed by atoms with van der Waals surface area (Å²) in [6.07, 6.45) is 1.97. The largest absolute Gasteiger partial charge is 0.493 e. The van der Waals surface area contributed by atoms with Crippen LogP contribution in [0.15, 0.2) is 18.2 Å². The fraction of sp³-hybridized carbons (Fsp3) is 0.538. The molecule has 0 radical (unpaired) electrons. The number of methoxy groups -OCH3 is 2. The molecule has 0 aromatic heterocycles. The van der Waals surface area contributed by atoms with Gasteiger partial charge >= 0.3 is 0 Å². The lowest BCUT2D eigenvalue weighted by atomic mass is 10.2. The fourth-order valence-electron chi connectivity index (χ4n) is 1.44. The van der Waals surface area contributed by atoms with Gasteiger partial charge in [0.25, 0.3) is 0 Å². The summed E-state index contributed by atoms with van der Waals surface area (Å²) in [4.78, 5) is 0. The Kier molecular flexibility index (Phi) is 6.82. The number of unbranched alkanes of at least 4 members (excludes halogenated alkanes) is 1. The van der Waals surface area contributed by atoms with Crippen molar-refractivity contribution >= 4 is 11.6 Å². The third-order valence-electron chi connectivity index (χ3n) is 2.38. The topological polar surface area (TPSA) is 27.7 Å². The van der Waals surface area contributed by atoms with Gasteiger partial charge in [-0.2, -0.15) is 0 Å². The van der Waals surface area contributed by atoms with E-state index in [1.165, 1.54) is 0 Å². The second-order valence-corrected chi connectivity index (χ2v) is 3.93. The third-order valence-corrected chi connectivity index (χ3v) is 2.69. The maximum atomic E-state index is 5.76.